The molecule has 1 radical (unpaired) electrons. The molecule has 4 nitrogen and oxygen atoms in total. The molecule has 0 unspecified atom stereocenters. The molecule has 0 N–H and O–H groups in total. The number of furan rings is 1. The molecular weight excluding hydrogens is 695 g/mol. The number of aromatic nitrogens is 1. The number of nitrogens with zero attached hydrogens (tertiary/aromatic N) is 3. The van der Waals surface area contributed by atoms with Crippen LogP contribution in [0.15, 0.2) is 95.5 Å². The van der Waals surface area contributed by atoms with Crippen molar-refractivity contribution in [3.05, 3.63) is 120 Å². The Hall–Kier alpha value is -4.14. The maximum absolute atomic E-state index is 6.04. The number of para-hydroxylation sites is 3. The molecular formula is C37H33IrN3O. The molecule has 4 aromatic carbocycles. The van der Waals surface area contributed by atoms with Crippen LogP contribution in [0.5, 0.6) is 0 Å². The van der Waals surface area contributed by atoms with Gasteiger partial charge in [0.25, 0.3) is 11.4 Å². The summed E-state index contributed by atoms with van der Waals surface area (Å²) in [4.78, 5) is 4.41. The molecule has 0 spiro atoms. The smallest absolute Gasteiger partial charge is 0.483 e. The molecule has 0 fully saturated rings. The number of pyridine rings is 1. The summed E-state index contributed by atoms with van der Waals surface area (Å²) in [5.41, 5.74) is 10.8. The Morgan fingerprint density at radius 1 is 0.810 bits per heavy atom. The molecule has 5 heteroatoms. The summed E-state index contributed by atoms with van der Waals surface area (Å²) >= 11 is 0. The monoisotopic (exact) mass is 728 g/mol. The summed E-state index contributed by atoms with van der Waals surface area (Å²) in [6, 6.07) is 39.0. The third-order valence-electron chi connectivity index (χ3n) is 7.33. The number of hydrogen-bond donors (Lipinski definition) is 0. The van der Waals surface area contributed by atoms with Crippen LogP contribution in [0.2, 0.25) is 0 Å². The van der Waals surface area contributed by atoms with E-state index in [2.05, 4.69) is 121 Å². The molecule has 0 saturated heterocycles. The zero-order valence-electron chi connectivity index (χ0n) is 24.5. The number of benzene rings is 4. The number of hydrogen-bond acceptors (Lipinski definition) is 2. The van der Waals surface area contributed by atoms with E-state index in [1.54, 1.807) is 0 Å². The van der Waals surface area contributed by atoms with E-state index in [-0.39, 0.29) is 20.1 Å². The van der Waals surface area contributed by atoms with Crippen molar-refractivity contribution >= 4 is 45.0 Å². The van der Waals surface area contributed by atoms with Crippen molar-refractivity contribution < 1.29 is 29.1 Å². The van der Waals surface area contributed by atoms with Crippen LogP contribution in [0, 0.1) is 38.8 Å². The van der Waals surface area contributed by atoms with Gasteiger partial charge < -0.3 is 9.40 Å². The van der Waals surface area contributed by atoms with Gasteiger partial charge in [0.15, 0.2) is 6.54 Å². The molecule has 0 saturated carbocycles. The van der Waals surface area contributed by atoms with Gasteiger partial charge in [0.05, 0.1) is 0 Å². The summed E-state index contributed by atoms with van der Waals surface area (Å²) in [6.45, 7) is 11.6. The molecule has 3 heterocycles. The third-order valence-corrected chi connectivity index (χ3v) is 7.33. The van der Waals surface area contributed by atoms with E-state index in [0.29, 0.717) is 5.92 Å². The Labute approximate surface area is 261 Å². The largest absolute Gasteiger partial charge is 0.494 e. The Bertz CT molecular complexity index is 1960. The molecule has 0 bridgehead atoms. The van der Waals surface area contributed by atoms with Gasteiger partial charge in [0.1, 0.15) is 11.3 Å². The van der Waals surface area contributed by atoms with Gasteiger partial charge in [0.2, 0.25) is 0 Å². The molecule has 0 atom stereocenters. The van der Waals surface area contributed by atoms with E-state index >= 15 is 0 Å². The summed E-state index contributed by atoms with van der Waals surface area (Å²) in [7, 11) is 0. The number of aryl methyl sites for hydroxylation is 3. The number of rotatable bonds is 4. The van der Waals surface area contributed by atoms with Crippen LogP contribution in [0.1, 0.15) is 30.5 Å². The summed E-state index contributed by atoms with van der Waals surface area (Å²) in [6.07, 6.45) is 1.92. The van der Waals surface area contributed by atoms with Gasteiger partial charge in [-0.15, -0.1) is 41.5 Å². The minimum atomic E-state index is 0. The quantitative estimate of drug-likeness (QED) is 0.134. The minimum absolute atomic E-state index is 0. The van der Waals surface area contributed by atoms with Crippen LogP contribution in [0.4, 0.5) is 17.1 Å². The van der Waals surface area contributed by atoms with Crippen LogP contribution in [-0.4, -0.2) is 22.1 Å². The Kier molecular flexibility index (Phi) is 8.66. The van der Waals surface area contributed by atoms with E-state index in [9.17, 15) is 0 Å². The van der Waals surface area contributed by atoms with Crippen molar-refractivity contribution in [1.82, 2.24) is 9.56 Å². The third kappa shape index (κ3) is 5.91. The van der Waals surface area contributed by atoms with Gasteiger partial charge >= 0.3 is 6.01 Å². The van der Waals surface area contributed by atoms with Crippen molar-refractivity contribution in [2.45, 2.75) is 34.6 Å². The Morgan fingerprint density at radius 2 is 1.57 bits per heavy atom. The van der Waals surface area contributed by atoms with Crippen LogP contribution >= 0.6 is 0 Å². The predicted molar refractivity (Wildman–Crippen MR) is 168 cm³/mol. The topological polar surface area (TPSA) is 32.0 Å². The standard InChI is InChI=1S/C23H19N2O.C14H14N.Ir/c1-16(2)14-24-15-25(21-9-5-4-8-20(21)24)17-11-12-19-18-7-3-6-10-22(18)26-23(19)13-17;1-10-4-6-13(7-5-10)14-8-11(2)12(3)9-15-14;/h3-10,12-13,16H,14H2,1-2H3;4-6,8-9H,1-3H3;/q+1;-1;. The predicted octanol–water partition coefficient (Wildman–Crippen LogP) is 9.18. The normalized spacial score (nSPS) is 12.0. The van der Waals surface area contributed by atoms with E-state index in [4.69, 9.17) is 4.42 Å². The second-order valence-electron chi connectivity index (χ2n) is 11.1. The SMILES string of the molecule is CC(C)C[N+]1=C=[N+](c2[c-]cc3c(c2)oc2ccccc23)c2ccccc21.Cc1c[c-]c(-c2cc(C)c(C)cn2)cc1.[Ir]. The van der Waals surface area contributed by atoms with Crippen molar-refractivity contribution in [2.75, 3.05) is 6.54 Å². The van der Waals surface area contributed by atoms with Crippen molar-refractivity contribution in [2.24, 2.45) is 5.92 Å². The molecule has 2 aromatic heterocycles. The first-order valence-electron chi connectivity index (χ1n) is 14.1. The Balaban J connectivity index is 0.000000189. The van der Waals surface area contributed by atoms with Gasteiger partial charge in [-0.1, -0.05) is 83.3 Å². The first-order valence-corrected chi connectivity index (χ1v) is 14.1. The summed E-state index contributed by atoms with van der Waals surface area (Å²) < 4.78 is 10.3. The first-order chi connectivity index (χ1) is 19.9. The molecule has 7 rings (SSSR count). The van der Waals surface area contributed by atoms with Crippen molar-refractivity contribution in [1.29, 1.82) is 0 Å². The fraction of sp³-hybridized carbons (Fsp3) is 0.189. The molecule has 1 aliphatic heterocycles. The fourth-order valence-electron chi connectivity index (χ4n) is 5.01. The fourth-order valence-corrected chi connectivity index (χ4v) is 5.01. The maximum atomic E-state index is 6.04. The summed E-state index contributed by atoms with van der Waals surface area (Å²) in [5.74, 6) is 0.553. The molecule has 0 aliphatic carbocycles. The van der Waals surface area contributed by atoms with Crippen LogP contribution < -0.4 is 4.58 Å². The maximum Gasteiger partial charge on any atom is 0.494 e. The van der Waals surface area contributed by atoms with Crippen LogP contribution in [-0.2, 0) is 20.1 Å². The average Bonchev–Trinajstić information content (AvgIpc) is 3.53. The van der Waals surface area contributed by atoms with E-state index in [1.807, 2.05) is 36.5 Å². The van der Waals surface area contributed by atoms with E-state index < -0.39 is 0 Å². The first kappa shape index (κ1) is 29.4. The number of fused-ring (bicyclic) bond motifs is 4. The van der Waals surface area contributed by atoms with Gasteiger partial charge in [-0.25, -0.2) is 0 Å². The van der Waals surface area contributed by atoms with Gasteiger partial charge in [-0.3, -0.25) is 0 Å². The van der Waals surface area contributed by atoms with Crippen LogP contribution in [0.3, 0.4) is 0 Å². The average molecular weight is 728 g/mol. The van der Waals surface area contributed by atoms with Crippen molar-refractivity contribution in [3.63, 3.8) is 0 Å². The molecule has 211 valence electrons. The second-order valence-corrected chi connectivity index (χ2v) is 11.1. The van der Waals surface area contributed by atoms with Crippen molar-refractivity contribution in [3.8, 4) is 11.3 Å². The molecule has 42 heavy (non-hydrogen) atoms. The summed E-state index contributed by atoms with van der Waals surface area (Å²) in [5, 5.41) is 2.22. The second kappa shape index (κ2) is 12.4. The molecule has 1 aliphatic rings. The van der Waals surface area contributed by atoms with E-state index in [0.717, 1.165) is 51.1 Å². The zero-order chi connectivity index (χ0) is 28.5. The van der Waals surface area contributed by atoms with Gasteiger partial charge in [0, 0.05) is 49.9 Å². The molecule has 0 amide bonds. The van der Waals surface area contributed by atoms with Gasteiger partial charge in [-0.2, -0.15) is 6.07 Å². The van der Waals surface area contributed by atoms with Gasteiger partial charge in [-0.05, 0) is 36.6 Å². The minimum Gasteiger partial charge on any atom is -0.483 e. The molecule has 6 aromatic rings. The van der Waals surface area contributed by atoms with Crippen LogP contribution in [0.25, 0.3) is 33.2 Å². The Morgan fingerprint density at radius 3 is 2.31 bits per heavy atom. The van der Waals surface area contributed by atoms with E-state index in [1.165, 1.54) is 22.4 Å². The zero-order valence-corrected chi connectivity index (χ0v) is 26.9.